The van der Waals surface area contributed by atoms with Gasteiger partial charge in [-0.05, 0) is 63.6 Å². The van der Waals surface area contributed by atoms with Crippen LogP contribution in [0.15, 0.2) is 35.6 Å². The summed E-state index contributed by atoms with van der Waals surface area (Å²) in [6.45, 7) is 5.81. The monoisotopic (exact) mass is 491 g/mol. The fraction of sp³-hybridized carbons (Fsp3) is 0.519. The van der Waals surface area contributed by atoms with Gasteiger partial charge in [0.1, 0.15) is 0 Å². The highest BCUT2D eigenvalue weighted by Gasteiger charge is 2.31. The molecule has 1 aliphatic heterocycles. The van der Waals surface area contributed by atoms with Gasteiger partial charge in [0.25, 0.3) is 0 Å². The maximum absolute atomic E-state index is 13.0. The van der Waals surface area contributed by atoms with Crippen molar-refractivity contribution in [3.8, 4) is 17.3 Å². The third-order valence-corrected chi connectivity index (χ3v) is 7.82. The second-order valence-corrected chi connectivity index (χ2v) is 10.6. The van der Waals surface area contributed by atoms with Gasteiger partial charge in [0.05, 0.1) is 40.3 Å². The number of hydrogen-bond donors (Lipinski definition) is 1. The number of hydrogen-bond acceptors (Lipinski definition) is 6. The van der Waals surface area contributed by atoms with Crippen LogP contribution >= 0.6 is 0 Å². The van der Waals surface area contributed by atoms with E-state index < -0.39 is 6.43 Å². The first kappa shape index (κ1) is 24.3. The number of rotatable bonds is 6. The van der Waals surface area contributed by atoms with Crippen molar-refractivity contribution >= 4 is 22.9 Å². The third-order valence-electron chi connectivity index (χ3n) is 7.82. The van der Waals surface area contributed by atoms with Gasteiger partial charge in [-0.1, -0.05) is 6.92 Å². The van der Waals surface area contributed by atoms with Crippen molar-refractivity contribution in [2.24, 2.45) is 22.2 Å². The summed E-state index contributed by atoms with van der Waals surface area (Å²) in [5.41, 5.74) is 4.85. The van der Waals surface area contributed by atoms with Crippen molar-refractivity contribution in [1.82, 2.24) is 19.6 Å². The highest BCUT2D eigenvalue weighted by Crippen LogP contribution is 2.37. The fourth-order valence-corrected chi connectivity index (χ4v) is 5.46. The van der Waals surface area contributed by atoms with Gasteiger partial charge in [-0.15, -0.1) is 5.10 Å². The molecule has 4 heterocycles. The minimum absolute atomic E-state index is 0.0391. The number of nitrogens with one attached hydrogen (secondary N) is 1. The van der Waals surface area contributed by atoms with Crippen LogP contribution in [-0.2, 0) is 6.42 Å². The molecule has 5 rings (SSSR count). The van der Waals surface area contributed by atoms with Crippen LogP contribution in [0.4, 0.5) is 20.4 Å². The zero-order valence-corrected chi connectivity index (χ0v) is 20.9. The SMILES string of the molecule is CC1=Nc2ccc(-c3ccn4nc(NC5CCC(C)(C#N)CC5)ncc34)nc2C[C@@H]1[C@H](C)CC(F)F. The largest absolute Gasteiger partial charge is 0.350 e. The molecule has 0 spiro atoms. The standard InChI is InChI=1S/C27H31F2N7/c1-16(12-25(28)29)20-13-23-22(32-17(20)2)5-4-21(34-23)19-8-11-36-24(19)14-31-26(35-36)33-18-6-9-27(3,15-30)10-7-18/h4-5,8,11,14,16,18,20,25H,6-7,9-10,12-13H2,1-3H3,(H,33,35)/t16-,18?,20-,27?/m1/s1. The molecule has 1 aliphatic carbocycles. The van der Waals surface area contributed by atoms with Crippen LogP contribution in [-0.4, -0.2) is 37.8 Å². The van der Waals surface area contributed by atoms with Crippen LogP contribution in [0.1, 0.15) is 58.6 Å². The number of nitrogens with zero attached hydrogens (tertiary/aromatic N) is 6. The van der Waals surface area contributed by atoms with Crippen LogP contribution in [0.3, 0.4) is 0 Å². The Morgan fingerprint density at radius 2 is 2.03 bits per heavy atom. The van der Waals surface area contributed by atoms with Crippen molar-refractivity contribution in [1.29, 1.82) is 5.26 Å². The van der Waals surface area contributed by atoms with E-state index in [0.29, 0.717) is 12.4 Å². The van der Waals surface area contributed by atoms with Crippen LogP contribution < -0.4 is 5.32 Å². The summed E-state index contributed by atoms with van der Waals surface area (Å²) < 4.78 is 27.8. The highest BCUT2D eigenvalue weighted by atomic mass is 19.3. The molecule has 9 heteroatoms. The molecule has 7 nitrogen and oxygen atoms in total. The van der Waals surface area contributed by atoms with Gasteiger partial charge < -0.3 is 5.32 Å². The second kappa shape index (κ2) is 9.57. The van der Waals surface area contributed by atoms with E-state index in [-0.39, 0.29) is 29.7 Å². The molecule has 1 fully saturated rings. The second-order valence-electron chi connectivity index (χ2n) is 10.6. The van der Waals surface area contributed by atoms with Gasteiger partial charge in [-0.3, -0.25) is 9.98 Å². The minimum atomic E-state index is -2.32. The minimum Gasteiger partial charge on any atom is -0.350 e. The Balaban J connectivity index is 1.35. The van der Waals surface area contributed by atoms with Gasteiger partial charge in [0, 0.05) is 42.3 Å². The molecule has 0 amide bonds. The molecular formula is C27H31F2N7. The molecule has 0 aromatic carbocycles. The number of alkyl halides is 2. The summed E-state index contributed by atoms with van der Waals surface area (Å²) in [5, 5.41) is 17.4. The molecule has 2 aliphatic rings. The van der Waals surface area contributed by atoms with Crippen molar-refractivity contribution in [3.05, 3.63) is 36.3 Å². The van der Waals surface area contributed by atoms with E-state index in [4.69, 9.17) is 4.98 Å². The number of anilines is 1. The zero-order chi connectivity index (χ0) is 25.4. The maximum Gasteiger partial charge on any atom is 0.241 e. The number of pyridine rings is 1. The number of nitriles is 1. The lowest BCUT2D eigenvalue weighted by Gasteiger charge is -2.32. The topological polar surface area (TPSA) is 91.3 Å². The van der Waals surface area contributed by atoms with Gasteiger partial charge in [0.15, 0.2) is 0 Å². The number of fused-ring (bicyclic) bond motifs is 2. The third kappa shape index (κ3) is 4.81. The number of halogens is 2. The van der Waals surface area contributed by atoms with Crippen LogP contribution in [0.2, 0.25) is 0 Å². The first-order valence-corrected chi connectivity index (χ1v) is 12.6. The van der Waals surface area contributed by atoms with Gasteiger partial charge >= 0.3 is 0 Å². The first-order chi connectivity index (χ1) is 17.2. The predicted molar refractivity (Wildman–Crippen MR) is 136 cm³/mol. The lowest BCUT2D eigenvalue weighted by molar-refractivity contribution is 0.110. The normalized spacial score (nSPS) is 24.8. The van der Waals surface area contributed by atoms with Gasteiger partial charge in [-0.25, -0.2) is 18.3 Å². The molecule has 0 radical (unpaired) electrons. The summed E-state index contributed by atoms with van der Waals surface area (Å²) >= 11 is 0. The predicted octanol–water partition coefficient (Wildman–Crippen LogP) is 6.23. The Hall–Kier alpha value is -3.41. The molecule has 1 N–H and O–H groups in total. The van der Waals surface area contributed by atoms with Crippen molar-refractivity contribution < 1.29 is 8.78 Å². The van der Waals surface area contributed by atoms with Crippen molar-refractivity contribution in [2.75, 3.05) is 5.32 Å². The molecule has 188 valence electrons. The van der Waals surface area contributed by atoms with E-state index in [1.54, 1.807) is 10.7 Å². The molecule has 3 aromatic rings. The van der Waals surface area contributed by atoms with Gasteiger partial charge in [0.2, 0.25) is 12.4 Å². The maximum atomic E-state index is 13.0. The summed E-state index contributed by atoms with van der Waals surface area (Å²) in [5.74, 6) is 0.358. The average molecular weight is 492 g/mol. The molecule has 3 aromatic heterocycles. The zero-order valence-electron chi connectivity index (χ0n) is 20.9. The van der Waals surface area contributed by atoms with Crippen LogP contribution in [0.25, 0.3) is 16.8 Å². The van der Waals surface area contributed by atoms with Gasteiger partial charge in [-0.2, -0.15) is 5.26 Å². The summed E-state index contributed by atoms with van der Waals surface area (Å²) in [6, 6.07) is 8.55. The molecule has 0 unspecified atom stereocenters. The lowest BCUT2D eigenvalue weighted by Crippen LogP contribution is -2.31. The molecule has 0 saturated heterocycles. The van der Waals surface area contributed by atoms with Crippen LogP contribution in [0.5, 0.6) is 0 Å². The Labute approximate surface area is 209 Å². The molecule has 0 bridgehead atoms. The molecule has 1 saturated carbocycles. The van der Waals surface area contributed by atoms with Crippen LogP contribution in [0, 0.1) is 28.6 Å². The fourth-order valence-electron chi connectivity index (χ4n) is 5.46. The van der Waals surface area contributed by atoms with E-state index in [1.165, 1.54) is 0 Å². The van der Waals surface area contributed by atoms with E-state index >= 15 is 0 Å². The summed E-state index contributed by atoms with van der Waals surface area (Å²) in [4.78, 5) is 14.1. The van der Waals surface area contributed by atoms with Crippen molar-refractivity contribution in [2.45, 2.75) is 71.8 Å². The van der Waals surface area contributed by atoms with E-state index in [2.05, 4.69) is 26.5 Å². The summed E-state index contributed by atoms with van der Waals surface area (Å²) in [6.07, 6.45) is 5.40. The summed E-state index contributed by atoms with van der Waals surface area (Å²) in [7, 11) is 0. The number of aliphatic imine (C=N–C) groups is 1. The molecular weight excluding hydrogens is 460 g/mol. The smallest absolute Gasteiger partial charge is 0.241 e. The van der Waals surface area contributed by atoms with E-state index in [1.807, 2.05) is 45.2 Å². The number of aromatic nitrogens is 4. The average Bonchev–Trinajstić information content (AvgIpc) is 3.28. The molecule has 2 atom stereocenters. The first-order valence-electron chi connectivity index (χ1n) is 12.6. The Morgan fingerprint density at radius 1 is 1.25 bits per heavy atom. The molecule has 36 heavy (non-hydrogen) atoms. The lowest BCUT2D eigenvalue weighted by atomic mass is 9.75. The van der Waals surface area contributed by atoms with Crippen molar-refractivity contribution in [3.63, 3.8) is 0 Å². The highest BCUT2D eigenvalue weighted by molar-refractivity contribution is 5.89. The Bertz CT molecular complexity index is 1330. The quantitative estimate of drug-likeness (QED) is 0.441. The van der Waals surface area contributed by atoms with E-state index in [0.717, 1.165) is 59.6 Å². The Kier molecular flexibility index (Phi) is 6.45. The Morgan fingerprint density at radius 3 is 2.75 bits per heavy atom. The van der Waals surface area contributed by atoms with E-state index in [9.17, 15) is 14.0 Å².